The number of halogens is 1. The second-order valence-corrected chi connectivity index (χ2v) is 10.7. The van der Waals surface area contributed by atoms with Crippen LogP contribution in [0.25, 0.3) is 0 Å². The molecule has 2 saturated heterocycles. The van der Waals surface area contributed by atoms with Crippen molar-refractivity contribution in [2.75, 3.05) is 63.8 Å². The number of anilines is 1. The number of piperazine rings is 2. The second kappa shape index (κ2) is 13.9. The maximum Gasteiger partial charge on any atom is 0.410 e. The molecular weight excluding hydrogens is 464 g/mol. The molecule has 0 unspecified atom stereocenters. The fourth-order valence-corrected chi connectivity index (χ4v) is 4.13. The van der Waals surface area contributed by atoms with Crippen LogP contribution < -0.4 is 4.90 Å². The van der Waals surface area contributed by atoms with E-state index >= 15 is 0 Å². The van der Waals surface area contributed by atoms with Gasteiger partial charge in [-0.1, -0.05) is 25.4 Å². The lowest BCUT2D eigenvalue weighted by molar-refractivity contribution is -0.118. The van der Waals surface area contributed by atoms with E-state index < -0.39 is 0 Å². The molecule has 4 rings (SSSR count). The highest BCUT2D eigenvalue weighted by Crippen LogP contribution is 2.30. The molecule has 0 spiro atoms. The number of nitrogens with zero attached hydrogens (tertiary/aromatic N) is 4. The smallest absolute Gasteiger partial charge is 0.410 e. The van der Waals surface area contributed by atoms with Crippen molar-refractivity contribution >= 4 is 29.8 Å². The molecule has 7 nitrogen and oxygen atoms in total. The molecular formula is C27H45ClN4O3. The van der Waals surface area contributed by atoms with Crippen LogP contribution in [0.5, 0.6) is 0 Å². The quantitative estimate of drug-likeness (QED) is 0.541. The van der Waals surface area contributed by atoms with Crippen molar-refractivity contribution in [2.45, 2.75) is 60.0 Å². The van der Waals surface area contributed by atoms with Crippen LogP contribution in [0.15, 0.2) is 18.2 Å². The molecule has 0 radical (unpaired) electrons. The summed E-state index contributed by atoms with van der Waals surface area (Å²) in [7, 11) is 0. The van der Waals surface area contributed by atoms with Gasteiger partial charge in [0.1, 0.15) is 5.60 Å². The van der Waals surface area contributed by atoms with E-state index in [0.29, 0.717) is 0 Å². The van der Waals surface area contributed by atoms with Gasteiger partial charge in [-0.15, -0.1) is 0 Å². The van der Waals surface area contributed by atoms with E-state index in [1.165, 1.54) is 25.1 Å². The monoisotopic (exact) mass is 508 g/mol. The molecule has 3 fully saturated rings. The van der Waals surface area contributed by atoms with Gasteiger partial charge in [-0.05, 0) is 70.2 Å². The van der Waals surface area contributed by atoms with E-state index in [-0.39, 0.29) is 11.7 Å². The normalized spacial score (nSPS) is 18.7. The van der Waals surface area contributed by atoms with Crippen molar-refractivity contribution in [3.8, 4) is 0 Å². The number of benzene rings is 1. The molecule has 1 aromatic carbocycles. The zero-order valence-corrected chi connectivity index (χ0v) is 23.3. The number of amides is 2. The van der Waals surface area contributed by atoms with Crippen molar-refractivity contribution in [1.29, 1.82) is 0 Å². The van der Waals surface area contributed by atoms with Gasteiger partial charge < -0.3 is 19.4 Å². The van der Waals surface area contributed by atoms with Crippen LogP contribution in [-0.4, -0.2) is 91.7 Å². The van der Waals surface area contributed by atoms with Crippen LogP contribution in [0.1, 0.15) is 53.0 Å². The fraction of sp³-hybridized carbons (Fsp3) is 0.704. The predicted octanol–water partition coefficient (Wildman–Crippen LogP) is 4.90. The maximum absolute atomic E-state index is 11.8. The fourth-order valence-electron chi connectivity index (χ4n) is 4.02. The Morgan fingerprint density at radius 3 is 2.11 bits per heavy atom. The summed E-state index contributed by atoms with van der Waals surface area (Å²) in [5, 5.41) is 0.801. The Hall–Kier alpha value is -1.99. The van der Waals surface area contributed by atoms with E-state index in [1.54, 1.807) is 4.90 Å². The molecule has 0 N–H and O–H groups in total. The minimum absolute atomic E-state index is 0.163. The first-order valence-electron chi connectivity index (χ1n) is 13.1. The number of hydrogen-bond donors (Lipinski definition) is 0. The average Bonchev–Trinajstić information content (AvgIpc) is 3.66. The van der Waals surface area contributed by atoms with Gasteiger partial charge in [0.15, 0.2) is 0 Å². The first-order valence-corrected chi connectivity index (χ1v) is 13.4. The molecule has 2 amide bonds. The highest BCUT2D eigenvalue weighted by molar-refractivity contribution is 6.31. The molecule has 0 bridgehead atoms. The standard InChI is InChI=1S/C13H24N2O2.C12H15ClN2O.C2H6/c1-13(2,3)17-12(16)15-8-6-14(7-9-15)10-11-4-5-11;1-10-8-11(2-3-12(10)13)15-6-4-14(9-16)5-7-15;1-2/h11H,4-10H2,1-3H3;2-3,8-9H,4-7H2,1H3;1-2H3. The van der Waals surface area contributed by atoms with Gasteiger partial charge in [0, 0.05) is 69.6 Å². The Bertz CT molecular complexity index is 794. The van der Waals surface area contributed by atoms with Crippen LogP contribution in [0.3, 0.4) is 0 Å². The molecule has 2 aliphatic heterocycles. The lowest BCUT2D eigenvalue weighted by atomic mass is 10.2. The van der Waals surface area contributed by atoms with Crippen LogP contribution in [-0.2, 0) is 9.53 Å². The van der Waals surface area contributed by atoms with Gasteiger partial charge in [-0.3, -0.25) is 9.69 Å². The number of rotatable bonds is 4. The summed E-state index contributed by atoms with van der Waals surface area (Å²) in [5.41, 5.74) is 1.90. The summed E-state index contributed by atoms with van der Waals surface area (Å²) < 4.78 is 5.37. The number of hydrogen-bond acceptors (Lipinski definition) is 5. The Labute approximate surface area is 217 Å². The minimum Gasteiger partial charge on any atom is -0.444 e. The summed E-state index contributed by atoms with van der Waals surface area (Å²) >= 11 is 5.99. The van der Waals surface area contributed by atoms with Crippen LogP contribution in [0, 0.1) is 12.8 Å². The Kier molecular flexibility index (Phi) is 11.6. The van der Waals surface area contributed by atoms with Crippen LogP contribution >= 0.6 is 11.6 Å². The highest BCUT2D eigenvalue weighted by atomic mass is 35.5. The van der Waals surface area contributed by atoms with Crippen molar-refractivity contribution < 1.29 is 14.3 Å². The highest BCUT2D eigenvalue weighted by Gasteiger charge is 2.29. The van der Waals surface area contributed by atoms with Gasteiger partial charge in [-0.2, -0.15) is 0 Å². The van der Waals surface area contributed by atoms with Gasteiger partial charge in [0.05, 0.1) is 0 Å². The molecule has 0 aromatic heterocycles. The van der Waals surface area contributed by atoms with Gasteiger partial charge in [0.2, 0.25) is 6.41 Å². The molecule has 3 aliphatic rings. The van der Waals surface area contributed by atoms with Gasteiger partial charge >= 0.3 is 6.09 Å². The van der Waals surface area contributed by atoms with E-state index in [0.717, 1.165) is 75.3 Å². The molecule has 1 saturated carbocycles. The molecule has 1 aromatic rings. The lowest BCUT2D eigenvalue weighted by Gasteiger charge is -2.35. The molecule has 35 heavy (non-hydrogen) atoms. The van der Waals surface area contributed by atoms with E-state index in [2.05, 4.69) is 15.9 Å². The predicted molar refractivity (Wildman–Crippen MR) is 144 cm³/mol. The zero-order valence-electron chi connectivity index (χ0n) is 22.6. The van der Waals surface area contributed by atoms with Crippen LogP contribution in [0.4, 0.5) is 10.5 Å². The first kappa shape index (κ1) is 29.2. The SMILES string of the molecule is CC.CC(C)(C)OC(=O)N1CCN(CC2CC2)CC1.Cc1cc(N2CCN(C=O)CC2)ccc1Cl. The van der Waals surface area contributed by atoms with Gasteiger partial charge in [0.25, 0.3) is 0 Å². The number of ether oxygens (including phenoxy) is 1. The third-order valence-electron chi connectivity index (χ3n) is 6.21. The summed E-state index contributed by atoms with van der Waals surface area (Å²) in [4.78, 5) is 30.8. The summed E-state index contributed by atoms with van der Waals surface area (Å²) in [6.45, 7) is 19.9. The Balaban J connectivity index is 0.000000231. The topological polar surface area (TPSA) is 56.3 Å². The first-order chi connectivity index (χ1) is 16.6. The van der Waals surface area contributed by atoms with Crippen molar-refractivity contribution in [2.24, 2.45) is 5.92 Å². The maximum atomic E-state index is 11.8. The molecule has 8 heteroatoms. The van der Waals surface area contributed by atoms with Crippen molar-refractivity contribution in [3.63, 3.8) is 0 Å². The van der Waals surface area contributed by atoms with Crippen molar-refractivity contribution in [3.05, 3.63) is 28.8 Å². The molecule has 0 atom stereocenters. The number of carbonyl (C=O) groups excluding carboxylic acids is 2. The minimum atomic E-state index is -0.387. The Morgan fingerprint density at radius 1 is 1.03 bits per heavy atom. The average molecular weight is 509 g/mol. The van der Waals surface area contributed by atoms with Gasteiger partial charge in [-0.25, -0.2) is 4.79 Å². The summed E-state index contributed by atoms with van der Waals surface area (Å²) in [5.74, 6) is 0.933. The molecule has 2 heterocycles. The summed E-state index contributed by atoms with van der Waals surface area (Å²) in [6, 6.07) is 6.06. The van der Waals surface area contributed by atoms with Crippen LogP contribution in [0.2, 0.25) is 5.02 Å². The summed E-state index contributed by atoms with van der Waals surface area (Å²) in [6.07, 6.45) is 3.55. The van der Waals surface area contributed by atoms with E-state index in [4.69, 9.17) is 16.3 Å². The molecule has 1 aliphatic carbocycles. The third-order valence-corrected chi connectivity index (χ3v) is 6.63. The number of carbonyl (C=O) groups is 2. The van der Waals surface area contributed by atoms with E-state index in [1.807, 2.05) is 58.6 Å². The molecule has 198 valence electrons. The number of aryl methyl sites for hydroxylation is 1. The third kappa shape index (κ3) is 10.3. The largest absolute Gasteiger partial charge is 0.444 e. The Morgan fingerprint density at radius 2 is 1.63 bits per heavy atom. The van der Waals surface area contributed by atoms with E-state index in [9.17, 15) is 9.59 Å². The second-order valence-electron chi connectivity index (χ2n) is 10.3. The van der Waals surface area contributed by atoms with Crippen molar-refractivity contribution in [1.82, 2.24) is 14.7 Å². The lowest BCUT2D eigenvalue weighted by Crippen LogP contribution is -2.50. The zero-order chi connectivity index (χ0) is 26.0.